The van der Waals surface area contributed by atoms with E-state index in [2.05, 4.69) is 50.0 Å². The molecule has 1 aliphatic carbocycles. The molecule has 4 nitrogen and oxygen atoms in total. The Hall–Kier alpha value is -0.870. The maximum atomic E-state index is 5.93. The lowest BCUT2D eigenvalue weighted by atomic mass is 9.94. The summed E-state index contributed by atoms with van der Waals surface area (Å²) in [5.41, 5.74) is 0.989. The highest BCUT2D eigenvalue weighted by molar-refractivity contribution is 5.05. The van der Waals surface area contributed by atoms with E-state index in [1.165, 1.54) is 31.4 Å². The van der Waals surface area contributed by atoms with Crippen molar-refractivity contribution < 1.29 is 4.74 Å². The van der Waals surface area contributed by atoms with Crippen LogP contribution in [0.3, 0.4) is 0 Å². The van der Waals surface area contributed by atoms with Gasteiger partial charge in [0.25, 0.3) is 0 Å². The van der Waals surface area contributed by atoms with Crippen LogP contribution in [0.15, 0.2) is 12.3 Å². The van der Waals surface area contributed by atoms with Gasteiger partial charge in [-0.05, 0) is 46.2 Å². The second kappa shape index (κ2) is 7.41. The Morgan fingerprint density at radius 2 is 2.10 bits per heavy atom. The first-order valence-corrected chi connectivity index (χ1v) is 8.48. The highest BCUT2D eigenvalue weighted by Crippen LogP contribution is 2.29. The molecular weight excluding hydrogens is 262 g/mol. The minimum atomic E-state index is -0.179. The predicted molar refractivity (Wildman–Crippen MR) is 86.6 cm³/mol. The first-order chi connectivity index (χ1) is 10.1. The van der Waals surface area contributed by atoms with Gasteiger partial charge in [-0.2, -0.15) is 5.10 Å². The van der Waals surface area contributed by atoms with Crippen LogP contribution in [0.2, 0.25) is 0 Å². The number of hydrogen-bond acceptors (Lipinski definition) is 3. The van der Waals surface area contributed by atoms with Gasteiger partial charge in [0, 0.05) is 25.3 Å². The Kier molecular flexibility index (Phi) is 5.82. The Bertz CT molecular complexity index is 421. The molecule has 1 aliphatic rings. The van der Waals surface area contributed by atoms with Crippen LogP contribution in [0.1, 0.15) is 65.1 Å². The molecule has 1 N–H and O–H groups in total. The van der Waals surface area contributed by atoms with Crippen LogP contribution in [-0.2, 0) is 11.2 Å². The van der Waals surface area contributed by atoms with E-state index in [9.17, 15) is 0 Å². The van der Waals surface area contributed by atoms with Crippen molar-refractivity contribution in [2.24, 2.45) is 0 Å². The summed E-state index contributed by atoms with van der Waals surface area (Å²) in [5.74, 6) is 0. The number of likely N-dealkylation sites (N-methyl/N-ethyl adjacent to an activating group) is 1. The molecule has 1 unspecified atom stereocenters. The molecule has 1 aromatic heterocycles. The van der Waals surface area contributed by atoms with Gasteiger partial charge in [0.05, 0.1) is 17.3 Å². The van der Waals surface area contributed by atoms with Crippen molar-refractivity contribution in [1.82, 2.24) is 15.1 Å². The van der Waals surface area contributed by atoms with Gasteiger partial charge in [-0.15, -0.1) is 0 Å². The lowest BCUT2D eigenvalue weighted by Crippen LogP contribution is -2.50. The van der Waals surface area contributed by atoms with Gasteiger partial charge in [-0.3, -0.25) is 4.68 Å². The molecule has 1 heterocycles. The second-order valence-corrected chi connectivity index (χ2v) is 6.58. The molecular formula is C17H31N3O. The lowest BCUT2D eigenvalue weighted by Gasteiger charge is -2.34. The van der Waals surface area contributed by atoms with Gasteiger partial charge < -0.3 is 10.1 Å². The van der Waals surface area contributed by atoms with Crippen molar-refractivity contribution in [3.63, 3.8) is 0 Å². The van der Waals surface area contributed by atoms with E-state index in [4.69, 9.17) is 9.84 Å². The molecule has 120 valence electrons. The smallest absolute Gasteiger partial charge is 0.0782 e. The highest BCUT2D eigenvalue weighted by Gasteiger charge is 2.30. The lowest BCUT2D eigenvalue weighted by molar-refractivity contribution is -0.0379. The molecule has 1 saturated carbocycles. The second-order valence-electron chi connectivity index (χ2n) is 6.58. The van der Waals surface area contributed by atoms with Gasteiger partial charge in [0.1, 0.15) is 0 Å². The van der Waals surface area contributed by atoms with E-state index in [1.54, 1.807) is 0 Å². The molecule has 1 atom stereocenters. The standard InChI is InChI=1S/C17H31N3O/c1-5-18-16(17(3,4)21-6-2)13-14-11-12-20(19-14)15-9-7-8-10-15/h11-12,15-16,18H,5-10,13H2,1-4H3. The maximum absolute atomic E-state index is 5.93. The molecule has 21 heavy (non-hydrogen) atoms. The Morgan fingerprint density at radius 3 is 2.71 bits per heavy atom. The molecule has 0 radical (unpaired) electrons. The van der Waals surface area contributed by atoms with Gasteiger partial charge in [0.15, 0.2) is 0 Å². The maximum Gasteiger partial charge on any atom is 0.0782 e. The molecule has 0 saturated heterocycles. The molecule has 1 fully saturated rings. The van der Waals surface area contributed by atoms with Crippen LogP contribution in [0, 0.1) is 0 Å². The number of nitrogens with zero attached hydrogens (tertiary/aromatic N) is 2. The van der Waals surface area contributed by atoms with E-state index < -0.39 is 0 Å². The summed E-state index contributed by atoms with van der Waals surface area (Å²) in [6.45, 7) is 10.2. The largest absolute Gasteiger partial charge is 0.374 e. The predicted octanol–water partition coefficient (Wildman–Crippen LogP) is 3.33. The quantitative estimate of drug-likeness (QED) is 0.799. The minimum Gasteiger partial charge on any atom is -0.374 e. The molecule has 0 aliphatic heterocycles. The molecule has 0 spiro atoms. The number of ether oxygens (including phenoxy) is 1. The third-order valence-electron chi connectivity index (χ3n) is 4.58. The van der Waals surface area contributed by atoms with E-state index >= 15 is 0 Å². The zero-order valence-corrected chi connectivity index (χ0v) is 14.1. The summed E-state index contributed by atoms with van der Waals surface area (Å²) in [4.78, 5) is 0. The average molecular weight is 293 g/mol. The third-order valence-corrected chi connectivity index (χ3v) is 4.58. The van der Waals surface area contributed by atoms with Crippen molar-refractivity contribution in [2.45, 2.75) is 77.5 Å². The highest BCUT2D eigenvalue weighted by atomic mass is 16.5. The average Bonchev–Trinajstić information content (AvgIpc) is 3.08. The summed E-state index contributed by atoms with van der Waals surface area (Å²) in [5, 5.41) is 8.37. The minimum absolute atomic E-state index is 0.179. The van der Waals surface area contributed by atoms with Crippen LogP contribution < -0.4 is 5.32 Å². The third kappa shape index (κ3) is 4.30. The fourth-order valence-corrected chi connectivity index (χ4v) is 3.35. The molecule has 0 amide bonds. The van der Waals surface area contributed by atoms with E-state index in [0.29, 0.717) is 6.04 Å². The fourth-order valence-electron chi connectivity index (χ4n) is 3.35. The molecule has 4 heteroatoms. The van der Waals surface area contributed by atoms with Gasteiger partial charge in [-0.1, -0.05) is 19.8 Å². The van der Waals surface area contributed by atoms with Crippen molar-refractivity contribution in [3.05, 3.63) is 18.0 Å². The van der Waals surface area contributed by atoms with Crippen molar-refractivity contribution in [3.8, 4) is 0 Å². The number of hydrogen-bond donors (Lipinski definition) is 1. The van der Waals surface area contributed by atoms with E-state index in [1.807, 2.05) is 0 Å². The van der Waals surface area contributed by atoms with Crippen LogP contribution in [-0.4, -0.2) is 34.6 Å². The zero-order chi connectivity index (χ0) is 15.3. The topological polar surface area (TPSA) is 39.1 Å². The van der Waals surface area contributed by atoms with Crippen molar-refractivity contribution in [2.75, 3.05) is 13.2 Å². The Morgan fingerprint density at radius 1 is 1.38 bits per heavy atom. The first-order valence-electron chi connectivity index (χ1n) is 8.48. The normalized spacial score (nSPS) is 18.3. The summed E-state index contributed by atoms with van der Waals surface area (Å²) in [6.07, 6.45) is 8.32. The summed E-state index contributed by atoms with van der Waals surface area (Å²) in [6, 6.07) is 3.08. The Labute approximate surface area is 129 Å². The fraction of sp³-hybridized carbons (Fsp3) is 0.824. The SMILES string of the molecule is CCNC(Cc1ccn(C2CCCC2)n1)C(C)(C)OCC. The summed E-state index contributed by atoms with van der Waals surface area (Å²) in [7, 11) is 0. The number of rotatable bonds is 8. The van der Waals surface area contributed by atoms with Crippen molar-refractivity contribution >= 4 is 0 Å². The molecule has 1 aromatic rings. The van der Waals surface area contributed by atoms with Crippen LogP contribution >= 0.6 is 0 Å². The van der Waals surface area contributed by atoms with Gasteiger partial charge >= 0.3 is 0 Å². The van der Waals surface area contributed by atoms with E-state index in [0.717, 1.165) is 19.6 Å². The molecule has 2 rings (SSSR count). The van der Waals surface area contributed by atoms with Crippen LogP contribution in [0.5, 0.6) is 0 Å². The monoisotopic (exact) mass is 293 g/mol. The summed E-state index contributed by atoms with van der Waals surface area (Å²) < 4.78 is 8.11. The summed E-state index contributed by atoms with van der Waals surface area (Å²) >= 11 is 0. The first kappa shape index (κ1) is 16.5. The molecule has 0 aromatic carbocycles. The number of nitrogens with one attached hydrogen (secondary N) is 1. The van der Waals surface area contributed by atoms with Crippen LogP contribution in [0.25, 0.3) is 0 Å². The van der Waals surface area contributed by atoms with Crippen molar-refractivity contribution in [1.29, 1.82) is 0 Å². The molecule has 0 bridgehead atoms. The van der Waals surface area contributed by atoms with Crippen LogP contribution in [0.4, 0.5) is 0 Å². The van der Waals surface area contributed by atoms with Gasteiger partial charge in [-0.25, -0.2) is 0 Å². The Balaban J connectivity index is 2.02. The number of aromatic nitrogens is 2. The van der Waals surface area contributed by atoms with E-state index in [-0.39, 0.29) is 11.6 Å². The van der Waals surface area contributed by atoms with Gasteiger partial charge in [0.2, 0.25) is 0 Å². The zero-order valence-electron chi connectivity index (χ0n) is 14.1.